The van der Waals surface area contributed by atoms with Crippen LogP contribution >= 0.6 is 11.6 Å². The van der Waals surface area contributed by atoms with Gasteiger partial charge >= 0.3 is 6.01 Å². The van der Waals surface area contributed by atoms with Crippen molar-refractivity contribution < 1.29 is 17.6 Å². The second kappa shape index (κ2) is 7.27. The number of amides is 1. The quantitative estimate of drug-likeness (QED) is 0.716. The highest BCUT2D eigenvalue weighted by Crippen LogP contribution is 2.22. The van der Waals surface area contributed by atoms with Gasteiger partial charge in [0.1, 0.15) is 5.75 Å². The minimum absolute atomic E-state index is 0.0747. The van der Waals surface area contributed by atoms with Crippen molar-refractivity contribution in [3.05, 3.63) is 59.1 Å². The summed E-state index contributed by atoms with van der Waals surface area (Å²) in [5.41, 5.74) is 1.55. The Morgan fingerprint density at radius 2 is 1.73 bits per heavy atom. The van der Waals surface area contributed by atoms with Crippen LogP contribution in [-0.2, 0) is 14.6 Å². The average Bonchev–Trinajstić information content (AvgIpc) is 3.03. The van der Waals surface area contributed by atoms with Crippen molar-refractivity contribution in [3.8, 4) is 11.5 Å². The molecule has 0 saturated heterocycles. The number of nitrogens with zero attached hydrogens (tertiary/aromatic N) is 2. The maximum Gasteiger partial charge on any atom is 0.322 e. The third-order valence-corrected chi connectivity index (χ3v) is 5.35. The molecule has 0 radical (unpaired) electrons. The number of anilines is 1. The van der Waals surface area contributed by atoms with Crippen molar-refractivity contribution in [3.63, 3.8) is 0 Å². The van der Waals surface area contributed by atoms with Crippen molar-refractivity contribution in [1.29, 1.82) is 0 Å². The fraction of sp³-hybridized carbons (Fsp3) is 0.118. The lowest BCUT2D eigenvalue weighted by Gasteiger charge is -2.04. The molecule has 0 spiro atoms. The molecule has 0 bridgehead atoms. The van der Waals surface area contributed by atoms with Crippen molar-refractivity contribution in [2.45, 2.75) is 11.8 Å². The van der Waals surface area contributed by atoms with Crippen LogP contribution in [0.4, 0.5) is 6.01 Å². The summed E-state index contributed by atoms with van der Waals surface area (Å²) in [5, 5.41) is 10.4. The number of benzene rings is 2. The number of nitrogens with one attached hydrogen (secondary N) is 1. The lowest BCUT2D eigenvalue weighted by atomic mass is 10.2. The topological polar surface area (TPSA) is 102 Å². The Morgan fingerprint density at radius 3 is 2.38 bits per heavy atom. The molecule has 0 unspecified atom stereocenters. The van der Waals surface area contributed by atoms with Gasteiger partial charge in [-0.25, -0.2) is 8.42 Å². The highest BCUT2D eigenvalue weighted by atomic mass is 35.5. The highest BCUT2D eigenvalue weighted by molar-refractivity contribution is 7.92. The summed E-state index contributed by atoms with van der Waals surface area (Å²) in [5.74, 6) is -1.32. The van der Waals surface area contributed by atoms with Gasteiger partial charge in [-0.2, -0.15) is 0 Å². The van der Waals surface area contributed by atoms with Crippen LogP contribution in [0.5, 0.6) is 0 Å². The molecule has 1 heterocycles. The Hall–Kier alpha value is -2.71. The second-order valence-electron chi connectivity index (χ2n) is 5.54. The Balaban J connectivity index is 1.68. The van der Waals surface area contributed by atoms with Crippen LogP contribution in [0.1, 0.15) is 5.56 Å². The molecule has 0 saturated carbocycles. The van der Waals surface area contributed by atoms with E-state index < -0.39 is 21.5 Å². The lowest BCUT2D eigenvalue weighted by Crippen LogP contribution is -2.23. The zero-order valence-corrected chi connectivity index (χ0v) is 15.2. The van der Waals surface area contributed by atoms with E-state index in [1.807, 2.05) is 6.92 Å². The van der Waals surface area contributed by atoms with Gasteiger partial charge in [-0.15, -0.1) is 5.10 Å². The van der Waals surface area contributed by atoms with Gasteiger partial charge in [0.15, 0.2) is 9.84 Å². The number of carbonyl (C=O) groups excluding carboxylic acids is 1. The lowest BCUT2D eigenvalue weighted by molar-refractivity contribution is -0.114. The van der Waals surface area contributed by atoms with Crippen LogP contribution in [0.2, 0.25) is 5.02 Å². The van der Waals surface area contributed by atoms with E-state index in [0.29, 0.717) is 10.6 Å². The zero-order valence-electron chi connectivity index (χ0n) is 13.6. The summed E-state index contributed by atoms with van der Waals surface area (Å²) in [6.07, 6.45) is 0. The van der Waals surface area contributed by atoms with Crippen LogP contribution in [-0.4, -0.2) is 30.3 Å². The number of halogens is 1. The Bertz CT molecular complexity index is 1030. The van der Waals surface area contributed by atoms with Crippen LogP contribution in [0.3, 0.4) is 0 Å². The molecule has 0 aliphatic carbocycles. The van der Waals surface area contributed by atoms with E-state index in [9.17, 15) is 13.2 Å². The molecular weight excluding hydrogens is 378 g/mol. The monoisotopic (exact) mass is 391 g/mol. The van der Waals surface area contributed by atoms with Crippen molar-refractivity contribution in [2.24, 2.45) is 0 Å². The number of aryl methyl sites for hydroxylation is 1. The molecule has 1 N–H and O–H groups in total. The maximum atomic E-state index is 12.3. The number of hydrogen-bond acceptors (Lipinski definition) is 6. The standard InChI is InChI=1S/C17H14ClN3O4S/c1-11-2-8-14(9-3-11)26(23,24)10-15(22)19-17-21-20-16(25-17)12-4-6-13(18)7-5-12/h2-9H,10H2,1H3,(H,19,21,22). The third-order valence-electron chi connectivity index (χ3n) is 3.46. The molecule has 0 aliphatic rings. The van der Waals surface area contributed by atoms with E-state index in [1.54, 1.807) is 36.4 Å². The van der Waals surface area contributed by atoms with E-state index in [2.05, 4.69) is 15.5 Å². The second-order valence-corrected chi connectivity index (χ2v) is 7.97. The molecule has 1 amide bonds. The normalized spacial score (nSPS) is 11.3. The summed E-state index contributed by atoms with van der Waals surface area (Å²) < 4.78 is 29.8. The van der Waals surface area contributed by atoms with Gasteiger partial charge < -0.3 is 4.42 Å². The average molecular weight is 392 g/mol. The molecule has 0 atom stereocenters. The first kappa shape index (κ1) is 18.1. The molecule has 0 fully saturated rings. The fourth-order valence-corrected chi connectivity index (χ4v) is 3.40. The minimum atomic E-state index is -3.76. The van der Waals surface area contributed by atoms with E-state index in [4.69, 9.17) is 16.0 Å². The summed E-state index contributed by atoms with van der Waals surface area (Å²) in [6.45, 7) is 1.84. The van der Waals surface area contributed by atoms with Crippen LogP contribution < -0.4 is 5.32 Å². The third kappa shape index (κ3) is 4.27. The number of rotatable bonds is 5. The van der Waals surface area contributed by atoms with Crippen LogP contribution in [0, 0.1) is 6.92 Å². The molecule has 9 heteroatoms. The first-order valence-electron chi connectivity index (χ1n) is 7.52. The van der Waals surface area contributed by atoms with Crippen molar-refractivity contribution in [1.82, 2.24) is 10.2 Å². The highest BCUT2D eigenvalue weighted by Gasteiger charge is 2.21. The van der Waals surface area contributed by atoms with Crippen LogP contribution in [0.25, 0.3) is 11.5 Å². The summed E-state index contributed by atoms with van der Waals surface area (Å²) in [7, 11) is -3.76. The maximum absolute atomic E-state index is 12.3. The molecular formula is C17H14ClN3O4S. The van der Waals surface area contributed by atoms with Gasteiger partial charge in [0.2, 0.25) is 11.8 Å². The smallest absolute Gasteiger partial charge is 0.322 e. The number of aromatic nitrogens is 2. The number of hydrogen-bond donors (Lipinski definition) is 1. The number of carbonyl (C=O) groups is 1. The largest absolute Gasteiger partial charge is 0.403 e. The first-order valence-corrected chi connectivity index (χ1v) is 9.55. The van der Waals surface area contributed by atoms with Gasteiger partial charge in [0.25, 0.3) is 0 Å². The SMILES string of the molecule is Cc1ccc(S(=O)(=O)CC(=O)Nc2nnc(-c3ccc(Cl)cc3)o2)cc1. The minimum Gasteiger partial charge on any atom is -0.403 e. The molecule has 26 heavy (non-hydrogen) atoms. The van der Waals surface area contributed by atoms with E-state index in [-0.39, 0.29) is 16.8 Å². The number of sulfone groups is 1. The molecule has 0 aliphatic heterocycles. The zero-order chi connectivity index (χ0) is 18.7. The Labute approximate surface area is 154 Å². The van der Waals surface area contributed by atoms with Crippen LogP contribution in [0.15, 0.2) is 57.8 Å². The summed E-state index contributed by atoms with van der Waals surface area (Å²) >= 11 is 5.81. The molecule has 2 aromatic carbocycles. The van der Waals surface area contributed by atoms with Gasteiger partial charge in [-0.3, -0.25) is 10.1 Å². The van der Waals surface area contributed by atoms with Crippen molar-refractivity contribution >= 4 is 33.4 Å². The van der Waals surface area contributed by atoms with Gasteiger partial charge in [-0.05, 0) is 43.3 Å². The Kier molecular flexibility index (Phi) is 5.06. The van der Waals surface area contributed by atoms with E-state index >= 15 is 0 Å². The molecule has 134 valence electrons. The molecule has 1 aromatic heterocycles. The van der Waals surface area contributed by atoms with Gasteiger partial charge in [-0.1, -0.05) is 34.4 Å². The first-order chi connectivity index (χ1) is 12.3. The summed E-state index contributed by atoms with van der Waals surface area (Å²) in [6, 6.07) is 12.8. The predicted octanol–water partition coefficient (Wildman–Crippen LogP) is 3.11. The Morgan fingerprint density at radius 1 is 1.08 bits per heavy atom. The molecule has 7 nitrogen and oxygen atoms in total. The summed E-state index contributed by atoms with van der Waals surface area (Å²) in [4.78, 5) is 12.1. The van der Waals surface area contributed by atoms with Crippen molar-refractivity contribution in [2.75, 3.05) is 11.1 Å². The molecule has 3 aromatic rings. The molecule has 3 rings (SSSR count). The van der Waals surface area contributed by atoms with E-state index in [0.717, 1.165) is 5.56 Å². The van der Waals surface area contributed by atoms with Gasteiger partial charge in [0.05, 0.1) is 4.90 Å². The fourth-order valence-electron chi connectivity index (χ4n) is 2.14. The van der Waals surface area contributed by atoms with E-state index in [1.165, 1.54) is 12.1 Å². The predicted molar refractivity (Wildman–Crippen MR) is 96.6 cm³/mol. The van der Waals surface area contributed by atoms with Gasteiger partial charge in [0, 0.05) is 10.6 Å².